The van der Waals surface area contributed by atoms with Crippen LogP contribution >= 0.6 is 0 Å². The van der Waals surface area contributed by atoms with Crippen LogP contribution in [0.3, 0.4) is 0 Å². The van der Waals surface area contributed by atoms with Crippen molar-refractivity contribution in [1.29, 1.82) is 0 Å². The number of rotatable bonds is 8. The Bertz CT molecular complexity index is 206. The second-order valence-corrected chi connectivity index (χ2v) is 2.93. The number of halogens is 1. The van der Waals surface area contributed by atoms with Crippen molar-refractivity contribution in [3.8, 4) is 0 Å². The molecule has 88 valence electrons. The first-order valence-electron chi connectivity index (χ1n) is 4.69. The van der Waals surface area contributed by atoms with Gasteiger partial charge in [0.05, 0.1) is 19.8 Å². The molecule has 0 saturated carbocycles. The molecule has 1 unspecified atom stereocenters. The minimum absolute atomic E-state index is 0.0588. The summed E-state index contributed by atoms with van der Waals surface area (Å²) in [6, 6.07) is 0. The number of carbonyl (C=O) groups excluding carboxylic acids is 1. The summed E-state index contributed by atoms with van der Waals surface area (Å²) in [6.07, 6.45) is -0.650. The van der Waals surface area contributed by atoms with Crippen LogP contribution < -0.4 is 0 Å². The zero-order chi connectivity index (χ0) is 11.7. The summed E-state index contributed by atoms with van der Waals surface area (Å²) in [6.45, 7) is 6.66. The molecule has 1 atom stereocenters. The van der Waals surface area contributed by atoms with E-state index in [1.54, 1.807) is 13.8 Å². The van der Waals surface area contributed by atoms with Crippen molar-refractivity contribution >= 4 is 5.97 Å². The topological polar surface area (TPSA) is 44.8 Å². The summed E-state index contributed by atoms with van der Waals surface area (Å²) >= 11 is 0. The van der Waals surface area contributed by atoms with Crippen molar-refractivity contribution in [3.05, 3.63) is 12.2 Å². The van der Waals surface area contributed by atoms with E-state index in [4.69, 9.17) is 14.2 Å². The third-order valence-corrected chi connectivity index (χ3v) is 1.42. The molecule has 0 N–H and O–H groups in total. The molecule has 4 nitrogen and oxygen atoms in total. The fourth-order valence-electron chi connectivity index (χ4n) is 0.715. The van der Waals surface area contributed by atoms with Gasteiger partial charge in [0, 0.05) is 5.57 Å². The highest BCUT2D eigenvalue weighted by molar-refractivity contribution is 5.86. The zero-order valence-electron chi connectivity index (χ0n) is 9.12. The second-order valence-electron chi connectivity index (χ2n) is 2.93. The van der Waals surface area contributed by atoms with E-state index in [1.165, 1.54) is 0 Å². The molecule has 0 rings (SSSR count). The van der Waals surface area contributed by atoms with Gasteiger partial charge in [0.1, 0.15) is 6.67 Å². The smallest absolute Gasteiger partial charge is 0.335 e. The lowest BCUT2D eigenvalue weighted by molar-refractivity contribution is -0.172. The lowest BCUT2D eigenvalue weighted by atomic mass is 10.4. The van der Waals surface area contributed by atoms with Gasteiger partial charge in [-0.3, -0.25) is 0 Å². The Balaban J connectivity index is 3.45. The van der Waals surface area contributed by atoms with E-state index < -0.39 is 18.9 Å². The first-order chi connectivity index (χ1) is 7.07. The Morgan fingerprint density at radius 1 is 1.40 bits per heavy atom. The summed E-state index contributed by atoms with van der Waals surface area (Å²) in [4.78, 5) is 11.0. The van der Waals surface area contributed by atoms with Gasteiger partial charge in [0.15, 0.2) is 0 Å². The summed E-state index contributed by atoms with van der Waals surface area (Å²) in [5, 5.41) is 0. The molecule has 15 heavy (non-hydrogen) atoms. The summed E-state index contributed by atoms with van der Waals surface area (Å²) in [5.74, 6) is -0.493. The van der Waals surface area contributed by atoms with Crippen LogP contribution in [0.1, 0.15) is 13.8 Å². The minimum atomic E-state index is -0.650. The van der Waals surface area contributed by atoms with Gasteiger partial charge >= 0.3 is 5.97 Å². The highest BCUT2D eigenvalue weighted by Crippen LogP contribution is 1.99. The SMILES string of the molecule is C=C(C)C(=O)OC(C)OCCOCCF. The lowest BCUT2D eigenvalue weighted by Gasteiger charge is -2.13. The maximum absolute atomic E-state index is 11.6. The van der Waals surface area contributed by atoms with Crippen LogP contribution in [0.25, 0.3) is 0 Å². The second kappa shape index (κ2) is 8.38. The van der Waals surface area contributed by atoms with Crippen molar-refractivity contribution < 1.29 is 23.4 Å². The van der Waals surface area contributed by atoms with E-state index >= 15 is 0 Å². The maximum atomic E-state index is 11.6. The molecule has 0 bridgehead atoms. The summed E-state index contributed by atoms with van der Waals surface area (Å²) in [5.41, 5.74) is 0.319. The number of alkyl halides is 1. The van der Waals surface area contributed by atoms with Crippen LogP contribution in [0, 0.1) is 0 Å². The Kier molecular flexibility index (Phi) is 7.85. The van der Waals surface area contributed by atoms with Crippen LogP contribution in [-0.4, -0.2) is 38.8 Å². The number of esters is 1. The van der Waals surface area contributed by atoms with Crippen LogP contribution in [0.15, 0.2) is 12.2 Å². The fraction of sp³-hybridized carbons (Fsp3) is 0.700. The molecule has 0 fully saturated rings. The molecule has 0 saturated heterocycles. The van der Waals surface area contributed by atoms with Gasteiger partial charge in [-0.2, -0.15) is 0 Å². The molecule has 0 aromatic carbocycles. The largest absolute Gasteiger partial charge is 0.433 e. The number of hydrogen-bond acceptors (Lipinski definition) is 4. The van der Waals surface area contributed by atoms with Gasteiger partial charge < -0.3 is 14.2 Å². The van der Waals surface area contributed by atoms with Crippen LogP contribution in [0.4, 0.5) is 4.39 Å². The standard InChI is InChI=1S/C10H17FO4/c1-8(2)10(12)15-9(3)14-7-6-13-5-4-11/h9H,1,4-7H2,2-3H3. The van der Waals surface area contributed by atoms with Gasteiger partial charge in [0.2, 0.25) is 6.29 Å². The van der Waals surface area contributed by atoms with Gasteiger partial charge in [-0.1, -0.05) is 6.58 Å². The van der Waals surface area contributed by atoms with Crippen LogP contribution in [0.2, 0.25) is 0 Å². The quantitative estimate of drug-likeness (QED) is 0.269. The van der Waals surface area contributed by atoms with Crippen molar-refractivity contribution in [1.82, 2.24) is 0 Å². The Morgan fingerprint density at radius 3 is 2.60 bits per heavy atom. The Hall–Kier alpha value is -0.940. The molecule has 0 aliphatic carbocycles. The Labute approximate surface area is 89.0 Å². The van der Waals surface area contributed by atoms with Crippen LogP contribution in [0.5, 0.6) is 0 Å². The zero-order valence-corrected chi connectivity index (χ0v) is 9.12. The molecule has 0 heterocycles. The molecule has 0 amide bonds. The predicted molar refractivity (Wildman–Crippen MR) is 53.1 cm³/mol. The van der Waals surface area contributed by atoms with E-state index in [9.17, 15) is 9.18 Å². The predicted octanol–water partition coefficient (Wildman–Crippen LogP) is 1.45. The van der Waals surface area contributed by atoms with E-state index in [-0.39, 0.29) is 19.8 Å². The Morgan fingerprint density at radius 2 is 2.07 bits per heavy atom. The van der Waals surface area contributed by atoms with Gasteiger partial charge in [0.25, 0.3) is 0 Å². The molecule has 5 heteroatoms. The molecular formula is C10H17FO4. The average Bonchev–Trinajstić information content (AvgIpc) is 2.17. The monoisotopic (exact) mass is 220 g/mol. The highest BCUT2D eigenvalue weighted by atomic mass is 19.1. The van der Waals surface area contributed by atoms with Crippen molar-refractivity contribution in [2.24, 2.45) is 0 Å². The van der Waals surface area contributed by atoms with Crippen molar-refractivity contribution in [2.45, 2.75) is 20.1 Å². The van der Waals surface area contributed by atoms with Gasteiger partial charge in [-0.15, -0.1) is 0 Å². The van der Waals surface area contributed by atoms with Crippen molar-refractivity contribution in [3.63, 3.8) is 0 Å². The summed E-state index contributed by atoms with van der Waals surface area (Å²) < 4.78 is 26.3. The fourth-order valence-corrected chi connectivity index (χ4v) is 0.715. The minimum Gasteiger partial charge on any atom is -0.433 e. The maximum Gasteiger partial charge on any atom is 0.335 e. The van der Waals surface area contributed by atoms with E-state index in [1.807, 2.05) is 0 Å². The molecule has 0 aromatic rings. The highest BCUT2D eigenvalue weighted by Gasteiger charge is 2.09. The summed E-state index contributed by atoms with van der Waals surface area (Å²) in [7, 11) is 0. The molecule has 0 aliphatic rings. The first-order valence-corrected chi connectivity index (χ1v) is 4.69. The molecule has 0 aromatic heterocycles. The van der Waals surface area contributed by atoms with Gasteiger partial charge in [-0.25, -0.2) is 9.18 Å². The van der Waals surface area contributed by atoms with Gasteiger partial charge in [-0.05, 0) is 13.8 Å². The lowest BCUT2D eigenvalue weighted by Crippen LogP contribution is -2.20. The molecule has 0 aliphatic heterocycles. The third kappa shape index (κ3) is 8.08. The number of hydrogen-bond donors (Lipinski definition) is 0. The van der Waals surface area contributed by atoms with E-state index in [0.29, 0.717) is 5.57 Å². The van der Waals surface area contributed by atoms with Crippen molar-refractivity contribution in [2.75, 3.05) is 26.5 Å². The third-order valence-electron chi connectivity index (χ3n) is 1.42. The van der Waals surface area contributed by atoms with E-state index in [2.05, 4.69) is 6.58 Å². The number of ether oxygens (including phenoxy) is 3. The molecular weight excluding hydrogens is 203 g/mol. The van der Waals surface area contributed by atoms with Crippen LogP contribution in [-0.2, 0) is 19.0 Å². The number of carbonyl (C=O) groups is 1. The molecule has 0 spiro atoms. The normalized spacial score (nSPS) is 12.2. The average molecular weight is 220 g/mol. The first kappa shape index (κ1) is 14.1. The van der Waals surface area contributed by atoms with E-state index in [0.717, 1.165) is 0 Å². The molecule has 0 radical (unpaired) electrons.